The van der Waals surface area contributed by atoms with E-state index in [1.54, 1.807) is 42.5 Å². The Labute approximate surface area is 172 Å². The lowest BCUT2D eigenvalue weighted by Crippen LogP contribution is -2.07. The minimum Gasteiger partial charge on any atom is -0.496 e. The maximum absolute atomic E-state index is 12.1. The molecule has 0 bridgehead atoms. The predicted molar refractivity (Wildman–Crippen MR) is 106 cm³/mol. The van der Waals surface area contributed by atoms with E-state index < -0.39 is 5.97 Å². The van der Waals surface area contributed by atoms with Gasteiger partial charge in [0.05, 0.1) is 13.5 Å². The Morgan fingerprint density at radius 1 is 1.14 bits per heavy atom. The molecule has 0 aliphatic heterocycles. The summed E-state index contributed by atoms with van der Waals surface area (Å²) < 4.78 is 15.7. The van der Waals surface area contributed by atoms with E-state index in [0.717, 1.165) is 5.56 Å². The Morgan fingerprint density at radius 2 is 1.90 bits per heavy atom. The van der Waals surface area contributed by atoms with Crippen molar-refractivity contribution in [2.45, 2.75) is 26.4 Å². The fraction of sp³-hybridized carbons (Fsp3) is 0.238. The van der Waals surface area contributed by atoms with Crippen molar-refractivity contribution in [2.75, 3.05) is 7.11 Å². The molecule has 0 saturated carbocycles. The SMILES string of the molecule is COc1ccc(C(C)=O)cc1COC(=O)CCc1nc(-c2ccc(Cl)cc2)no1. The van der Waals surface area contributed by atoms with Crippen LogP contribution in [0.25, 0.3) is 11.4 Å². The topological polar surface area (TPSA) is 91.5 Å². The largest absolute Gasteiger partial charge is 0.496 e. The number of ether oxygens (including phenoxy) is 2. The van der Waals surface area contributed by atoms with Crippen molar-refractivity contribution in [2.24, 2.45) is 0 Å². The van der Waals surface area contributed by atoms with E-state index in [1.165, 1.54) is 14.0 Å². The monoisotopic (exact) mass is 414 g/mol. The number of esters is 1. The summed E-state index contributed by atoms with van der Waals surface area (Å²) in [5.74, 6) is 0.811. The standard InChI is InChI=1S/C21H19ClN2O5/c1-13(25)15-5-8-18(27-2)16(11-15)12-28-20(26)10-9-19-23-21(24-29-19)14-3-6-17(22)7-4-14/h3-8,11H,9-10,12H2,1-2H3. The van der Waals surface area contributed by atoms with Crippen molar-refractivity contribution in [3.05, 3.63) is 64.5 Å². The molecule has 1 heterocycles. The molecule has 0 N–H and O–H groups in total. The van der Waals surface area contributed by atoms with E-state index in [4.69, 9.17) is 25.6 Å². The first kappa shape index (κ1) is 20.5. The van der Waals surface area contributed by atoms with E-state index in [2.05, 4.69) is 10.1 Å². The summed E-state index contributed by atoms with van der Waals surface area (Å²) in [4.78, 5) is 27.9. The van der Waals surface area contributed by atoms with Gasteiger partial charge in [0.1, 0.15) is 12.4 Å². The molecule has 8 heteroatoms. The Kier molecular flexibility index (Phi) is 6.61. The summed E-state index contributed by atoms with van der Waals surface area (Å²) in [6, 6.07) is 12.0. The van der Waals surface area contributed by atoms with Crippen LogP contribution in [-0.2, 0) is 22.6 Å². The number of ketones is 1. The molecule has 0 saturated heterocycles. The van der Waals surface area contributed by atoms with Gasteiger partial charge in [-0.1, -0.05) is 16.8 Å². The summed E-state index contributed by atoms with van der Waals surface area (Å²) >= 11 is 5.87. The highest BCUT2D eigenvalue weighted by Crippen LogP contribution is 2.22. The number of benzene rings is 2. The third-order valence-electron chi connectivity index (χ3n) is 4.19. The first-order valence-corrected chi connectivity index (χ1v) is 9.26. The number of aromatic nitrogens is 2. The molecule has 0 aliphatic carbocycles. The van der Waals surface area contributed by atoms with Gasteiger partial charge in [-0.2, -0.15) is 4.98 Å². The highest BCUT2D eigenvalue weighted by molar-refractivity contribution is 6.30. The van der Waals surface area contributed by atoms with Crippen LogP contribution in [0.2, 0.25) is 5.02 Å². The van der Waals surface area contributed by atoms with Crippen molar-refractivity contribution >= 4 is 23.4 Å². The predicted octanol–water partition coefficient (Wildman–Crippen LogP) is 4.28. The second kappa shape index (κ2) is 9.34. The third-order valence-corrected chi connectivity index (χ3v) is 4.44. The summed E-state index contributed by atoms with van der Waals surface area (Å²) in [5.41, 5.74) is 1.92. The number of nitrogens with zero attached hydrogens (tertiary/aromatic N) is 2. The van der Waals surface area contributed by atoms with Crippen LogP contribution in [0.5, 0.6) is 5.75 Å². The molecule has 150 valence electrons. The van der Waals surface area contributed by atoms with Crippen LogP contribution in [0.4, 0.5) is 0 Å². The molecule has 0 aliphatic rings. The molecule has 0 atom stereocenters. The number of aryl methyl sites for hydroxylation is 1. The van der Waals surface area contributed by atoms with Crippen LogP contribution in [0, 0.1) is 0 Å². The lowest BCUT2D eigenvalue weighted by molar-refractivity contribution is -0.145. The van der Waals surface area contributed by atoms with Crippen LogP contribution >= 0.6 is 11.6 Å². The van der Waals surface area contributed by atoms with Crippen molar-refractivity contribution in [1.82, 2.24) is 10.1 Å². The Morgan fingerprint density at radius 3 is 2.59 bits per heavy atom. The maximum Gasteiger partial charge on any atom is 0.306 e. The first-order chi connectivity index (χ1) is 14.0. The van der Waals surface area contributed by atoms with Gasteiger partial charge in [0.15, 0.2) is 5.78 Å². The molecule has 7 nitrogen and oxygen atoms in total. The normalized spacial score (nSPS) is 10.6. The number of carbonyl (C=O) groups is 2. The maximum atomic E-state index is 12.1. The van der Waals surface area contributed by atoms with Crippen molar-refractivity contribution in [1.29, 1.82) is 0 Å². The fourth-order valence-corrected chi connectivity index (χ4v) is 2.75. The first-order valence-electron chi connectivity index (χ1n) is 8.88. The summed E-state index contributed by atoms with van der Waals surface area (Å²) in [6.45, 7) is 1.48. The third kappa shape index (κ3) is 5.42. The number of hydrogen-bond acceptors (Lipinski definition) is 7. The molecule has 0 fully saturated rings. The Balaban J connectivity index is 1.55. The molecule has 0 amide bonds. The van der Waals surface area contributed by atoms with Crippen LogP contribution in [0.1, 0.15) is 35.2 Å². The smallest absolute Gasteiger partial charge is 0.306 e. The van der Waals surface area contributed by atoms with Crippen molar-refractivity contribution < 1.29 is 23.6 Å². The van der Waals surface area contributed by atoms with Crippen molar-refractivity contribution in [3.8, 4) is 17.1 Å². The summed E-state index contributed by atoms with van der Waals surface area (Å²) in [5, 5.41) is 4.52. The minimum atomic E-state index is -0.425. The minimum absolute atomic E-state index is 0.00296. The highest BCUT2D eigenvalue weighted by atomic mass is 35.5. The quantitative estimate of drug-likeness (QED) is 0.401. The van der Waals surface area contributed by atoms with Gasteiger partial charge in [-0.25, -0.2) is 0 Å². The molecular weight excluding hydrogens is 396 g/mol. The fourth-order valence-electron chi connectivity index (χ4n) is 2.62. The number of methoxy groups -OCH3 is 1. The number of carbonyl (C=O) groups excluding carboxylic acids is 2. The van der Waals surface area contributed by atoms with E-state index in [-0.39, 0.29) is 25.2 Å². The van der Waals surface area contributed by atoms with E-state index in [1.807, 2.05) is 0 Å². The van der Waals surface area contributed by atoms with Crippen molar-refractivity contribution in [3.63, 3.8) is 0 Å². The second-order valence-corrected chi connectivity index (χ2v) is 6.70. The zero-order valence-electron chi connectivity index (χ0n) is 16.0. The van der Waals surface area contributed by atoms with Gasteiger partial charge in [0.25, 0.3) is 0 Å². The van der Waals surface area contributed by atoms with Crippen LogP contribution in [0.3, 0.4) is 0 Å². The van der Waals surface area contributed by atoms with E-state index in [0.29, 0.717) is 33.6 Å². The van der Waals surface area contributed by atoms with Gasteiger partial charge in [0.2, 0.25) is 11.7 Å². The number of hydrogen-bond donors (Lipinski definition) is 0. The van der Waals surface area contributed by atoms with Gasteiger partial charge in [-0.3, -0.25) is 9.59 Å². The summed E-state index contributed by atoms with van der Waals surface area (Å²) in [7, 11) is 1.52. The number of rotatable bonds is 8. The molecule has 0 radical (unpaired) electrons. The molecule has 0 unspecified atom stereocenters. The van der Waals surface area contributed by atoms with Gasteiger partial charge < -0.3 is 14.0 Å². The molecule has 0 spiro atoms. The van der Waals surface area contributed by atoms with Crippen LogP contribution in [0.15, 0.2) is 47.0 Å². The Bertz CT molecular complexity index is 1010. The van der Waals surface area contributed by atoms with E-state index in [9.17, 15) is 9.59 Å². The molecule has 3 rings (SSSR count). The average molecular weight is 415 g/mol. The lowest BCUT2D eigenvalue weighted by atomic mass is 10.1. The second-order valence-electron chi connectivity index (χ2n) is 6.26. The zero-order valence-corrected chi connectivity index (χ0v) is 16.7. The zero-order chi connectivity index (χ0) is 20.8. The lowest BCUT2D eigenvalue weighted by Gasteiger charge is -2.10. The number of Topliss-reactive ketones (excluding diaryl/α,β-unsaturated/α-hetero) is 1. The van der Waals surface area contributed by atoms with Crippen LogP contribution in [-0.4, -0.2) is 29.0 Å². The molecule has 29 heavy (non-hydrogen) atoms. The van der Waals surface area contributed by atoms with Gasteiger partial charge >= 0.3 is 5.97 Å². The molecule has 1 aromatic heterocycles. The van der Waals surface area contributed by atoms with Crippen LogP contribution < -0.4 is 4.74 Å². The van der Waals surface area contributed by atoms with Gasteiger partial charge in [-0.15, -0.1) is 0 Å². The van der Waals surface area contributed by atoms with Gasteiger partial charge in [0, 0.05) is 28.1 Å². The molecule has 2 aromatic carbocycles. The number of halogens is 1. The summed E-state index contributed by atoms with van der Waals surface area (Å²) in [6.07, 6.45) is 0.334. The molecular formula is C21H19ClN2O5. The highest BCUT2D eigenvalue weighted by Gasteiger charge is 2.13. The van der Waals surface area contributed by atoms with Gasteiger partial charge in [-0.05, 0) is 49.4 Å². The van der Waals surface area contributed by atoms with E-state index >= 15 is 0 Å². The average Bonchev–Trinajstić information content (AvgIpc) is 3.20. The molecule has 3 aromatic rings. The Hall–Kier alpha value is -3.19.